The number of carbonyl (C=O) groups excluding carboxylic acids is 7. The van der Waals surface area contributed by atoms with Gasteiger partial charge in [-0.25, -0.2) is 43.7 Å². The number of rotatable bonds is 22. The molecule has 0 fully saturated rings. The number of nitrogens with two attached hydrogens (primary N) is 1. The maximum atomic E-state index is 11.9. The molecule has 111 heavy (non-hydrogen) atoms. The van der Waals surface area contributed by atoms with Crippen molar-refractivity contribution in [3.05, 3.63) is 224 Å². The van der Waals surface area contributed by atoms with E-state index in [2.05, 4.69) is 29.2 Å². The first-order valence-electron chi connectivity index (χ1n) is 32.7. The molecule has 0 unspecified atom stereocenters. The van der Waals surface area contributed by atoms with Crippen molar-refractivity contribution >= 4 is 152 Å². The Morgan fingerprint density at radius 1 is 0.541 bits per heavy atom. The predicted molar refractivity (Wildman–Crippen MR) is 424 cm³/mol. The van der Waals surface area contributed by atoms with Crippen LogP contribution in [0.2, 0.25) is 0 Å². The zero-order valence-electron chi connectivity index (χ0n) is 61.6. The second-order valence-corrected chi connectivity index (χ2v) is 25.3. The second kappa shape index (κ2) is 48.9. The van der Waals surface area contributed by atoms with Gasteiger partial charge in [-0.3, -0.25) is 19.7 Å². The Balaban J connectivity index is 0.000000271. The van der Waals surface area contributed by atoms with Gasteiger partial charge in [-0.05, 0) is 116 Å². The van der Waals surface area contributed by atoms with Crippen LogP contribution in [-0.4, -0.2) is 161 Å². The summed E-state index contributed by atoms with van der Waals surface area (Å²) in [6, 6.07) is 53.0. The summed E-state index contributed by atoms with van der Waals surface area (Å²) in [5.74, 6) is -0.435. The molecule has 0 aliphatic carbocycles. The number of aromatic nitrogens is 3. The number of aliphatic hydroxyl groups excluding tert-OH is 1. The molecule has 3 heterocycles. The highest BCUT2D eigenvalue weighted by Gasteiger charge is 2.20. The smallest absolute Gasteiger partial charge is 0.415 e. The Morgan fingerprint density at radius 2 is 0.991 bits per heavy atom. The Bertz CT molecular complexity index is 4810. The molecule has 0 aliphatic rings. The van der Waals surface area contributed by atoms with Gasteiger partial charge >= 0.3 is 41.2 Å². The lowest BCUT2D eigenvalue weighted by atomic mass is 10.1. The Hall–Kier alpha value is -12.3. The summed E-state index contributed by atoms with van der Waals surface area (Å²) < 4.78 is 51.4. The number of halogens is 1. The molecule has 11 rings (SSSR count). The number of hydrogen-bond acceptors (Lipinski definition) is 30. The summed E-state index contributed by atoms with van der Waals surface area (Å²) in [7, 11) is 10.8. The number of amides is 1. The SMILES string of the molecule is CCOC(=O)C(=O)Cc1ccccc1OC.CCOC(=O)C(=O)Cl.CCOC(=O)C(=S)Cc1ccccc1OC.CN(Cc1ccccc1)C(=O)Oc1ccc([N+](=O)[O-])cc1.COC(=O)c1nc2c(OC)cccc2s1.COc1cccc2sc(C(=O)O)nc12.COc1ccccc1N.OCc1nc2c(O)cccc2s1. The van der Waals surface area contributed by atoms with E-state index in [9.17, 15) is 53.6 Å². The number of nitro benzene ring substituents is 1. The van der Waals surface area contributed by atoms with Gasteiger partial charge in [-0.2, -0.15) is 0 Å². The van der Waals surface area contributed by atoms with Crippen molar-refractivity contribution in [2.24, 2.45) is 0 Å². The zero-order valence-corrected chi connectivity index (χ0v) is 65.6. The largest absolute Gasteiger partial charge is 0.506 e. The van der Waals surface area contributed by atoms with E-state index in [0.29, 0.717) is 74.6 Å². The number of nitrogen functional groups attached to an aromatic ring is 1. The normalized spacial score (nSPS) is 9.84. The number of phenols is 1. The number of nitro groups is 1. The average molecular weight is 1620 g/mol. The van der Waals surface area contributed by atoms with Gasteiger partial charge in [0.25, 0.3) is 5.69 Å². The number of aromatic carboxylic acids is 1. The Labute approximate surface area is 659 Å². The van der Waals surface area contributed by atoms with E-state index < -0.39 is 51.9 Å². The Morgan fingerprint density at radius 3 is 1.45 bits per heavy atom. The molecule has 586 valence electrons. The molecule has 0 bridgehead atoms. The molecule has 29 nitrogen and oxygen atoms in total. The van der Waals surface area contributed by atoms with Crippen LogP contribution >= 0.6 is 57.8 Å². The minimum atomic E-state index is -1.08. The second-order valence-electron chi connectivity index (χ2n) is 21.3. The molecule has 5 N–H and O–H groups in total. The molecule has 1 amide bonds. The molecular weight excluding hydrogens is 1540 g/mol. The molecule has 0 saturated heterocycles. The number of benzene rings is 8. The first-order valence-corrected chi connectivity index (χ1v) is 36.0. The number of methoxy groups -OCH3 is 6. The number of anilines is 1. The van der Waals surface area contributed by atoms with Crippen LogP contribution in [0.15, 0.2) is 182 Å². The number of ether oxygens (including phenoxy) is 10. The lowest BCUT2D eigenvalue weighted by Crippen LogP contribution is -2.29. The number of thiazole rings is 3. The van der Waals surface area contributed by atoms with Gasteiger partial charge in [-0.15, -0.1) is 34.0 Å². The van der Waals surface area contributed by atoms with Crippen molar-refractivity contribution in [3.63, 3.8) is 0 Å². The van der Waals surface area contributed by atoms with Crippen LogP contribution in [-0.2, 0) is 68.9 Å². The van der Waals surface area contributed by atoms with Crippen molar-refractivity contribution < 1.29 is 106 Å². The summed E-state index contributed by atoms with van der Waals surface area (Å²) in [6.07, 6.45) is -0.145. The number of ketones is 1. The van der Waals surface area contributed by atoms with Gasteiger partial charge in [0.05, 0.1) is 93.8 Å². The summed E-state index contributed by atoms with van der Waals surface area (Å²) in [5, 5.41) is 37.4. The van der Waals surface area contributed by atoms with Crippen molar-refractivity contribution in [3.8, 4) is 40.2 Å². The highest BCUT2D eigenvalue weighted by Crippen LogP contribution is 2.32. The van der Waals surface area contributed by atoms with Crippen molar-refractivity contribution in [1.29, 1.82) is 0 Å². The van der Waals surface area contributed by atoms with E-state index in [1.165, 1.54) is 73.2 Å². The van der Waals surface area contributed by atoms with E-state index >= 15 is 0 Å². The van der Waals surface area contributed by atoms with Crippen LogP contribution in [0, 0.1) is 10.1 Å². The fourth-order valence-electron chi connectivity index (χ4n) is 8.69. The number of hydrogen-bond donors (Lipinski definition) is 4. The third-order valence-electron chi connectivity index (χ3n) is 13.8. The summed E-state index contributed by atoms with van der Waals surface area (Å²) >= 11 is 13.5. The van der Waals surface area contributed by atoms with Crippen molar-refractivity contribution in [1.82, 2.24) is 19.9 Å². The van der Waals surface area contributed by atoms with Crippen LogP contribution in [0.5, 0.6) is 40.2 Å². The number of carboxylic acid groups (broad SMARTS) is 1. The number of nitrogens with zero attached hydrogens (tertiary/aromatic N) is 5. The fourth-order valence-corrected chi connectivity index (χ4v) is 11.5. The molecule has 3 aromatic heterocycles. The van der Waals surface area contributed by atoms with E-state index in [1.807, 2.05) is 109 Å². The molecular formula is C77H79ClN6O23S4. The van der Waals surface area contributed by atoms with Gasteiger partial charge in [-0.1, -0.05) is 109 Å². The lowest BCUT2D eigenvalue weighted by molar-refractivity contribution is -0.384. The number of Topliss-reactive ketones (excluding diaryl/α,β-unsaturated/α-hetero) is 1. The van der Waals surface area contributed by atoms with Gasteiger partial charge in [0.15, 0.2) is 0 Å². The number of aliphatic hydroxyl groups is 1. The molecule has 11 aromatic rings. The third kappa shape index (κ3) is 30.4. The molecule has 0 saturated carbocycles. The highest BCUT2D eigenvalue weighted by atomic mass is 35.5. The number of fused-ring (bicyclic) bond motifs is 3. The predicted octanol–water partition coefficient (Wildman–Crippen LogP) is 13.9. The zero-order chi connectivity index (χ0) is 82.0. The minimum Gasteiger partial charge on any atom is -0.506 e. The first kappa shape index (κ1) is 91.1. The lowest BCUT2D eigenvalue weighted by Gasteiger charge is -2.16. The van der Waals surface area contributed by atoms with E-state index in [-0.39, 0.29) is 53.3 Å². The van der Waals surface area contributed by atoms with Gasteiger partial charge in [0, 0.05) is 44.1 Å². The fraction of sp³-hybridized carbons (Fsp3) is 0.221. The van der Waals surface area contributed by atoms with Crippen LogP contribution < -0.4 is 34.2 Å². The number of thiocarbonyl (C=S) groups is 1. The van der Waals surface area contributed by atoms with Gasteiger partial charge < -0.3 is 73.3 Å². The average Bonchev–Trinajstić information content (AvgIpc) is 1.68. The quantitative estimate of drug-likeness (QED) is 0.00715. The summed E-state index contributed by atoms with van der Waals surface area (Å²) in [6.45, 7) is 6.08. The number of aromatic hydroxyl groups is 1. The molecule has 0 atom stereocenters. The molecule has 34 heteroatoms. The molecule has 0 spiro atoms. The number of carboxylic acids is 1. The topological polar surface area (TPSA) is 401 Å². The molecule has 0 aliphatic heterocycles. The van der Waals surface area contributed by atoms with Crippen LogP contribution in [0.3, 0.4) is 0 Å². The van der Waals surface area contributed by atoms with Crippen LogP contribution in [0.4, 0.5) is 16.2 Å². The van der Waals surface area contributed by atoms with E-state index in [4.69, 9.17) is 72.9 Å². The standard InChI is InChI=1S/C15H14N2O4.C12H14O4.C12H14O3S.C10H9NO3S.C9H7NO3S.C8H7NO2S.C7H9NO.C4H5ClO3/c1-16(11-12-5-3-2-4-6-12)15(18)21-14-9-7-13(8-10-14)17(19)20;1-3-16-12(14)10(13)8-9-6-4-5-7-11(9)15-2;1-3-15-12(13)11(16)8-9-6-4-5-7-10(9)14-2;1-13-6-4-3-5-7-8(6)11-9(15-7)10(12)14-2;1-13-5-3-2-4-6-7(5)10-8(14-6)9(11)12;10-4-7-9-8-5(11)2-1-3-6(8)12-7;1-9-7-5-3-2-4-6(7)8;1-2-8-4(7)3(5)6/h2-10H,11H2,1H3;2*4-7H,3,8H2,1-2H3;3-5H,1-2H3;2-4H,1H3,(H,11,12);1-3,10-11H,4H2;2-5H,8H2,1H3;2H2,1H3. The number of para-hydroxylation sites is 7. The van der Waals surface area contributed by atoms with Crippen LogP contribution in [0.25, 0.3) is 30.6 Å². The monoisotopic (exact) mass is 1620 g/mol. The van der Waals surface area contributed by atoms with Crippen molar-refractivity contribution in [2.75, 3.05) is 75.3 Å². The number of non-ortho nitro benzene ring substituents is 1. The van der Waals surface area contributed by atoms with Gasteiger partial charge in [0.2, 0.25) is 15.8 Å². The van der Waals surface area contributed by atoms with Crippen LogP contribution in [0.1, 0.15) is 62.1 Å². The maximum Gasteiger partial charge on any atom is 0.415 e. The molecule has 0 radical (unpaired) electrons. The number of carbonyl (C=O) groups is 8. The number of esters is 4. The van der Waals surface area contributed by atoms with E-state index in [0.717, 1.165) is 48.1 Å². The summed E-state index contributed by atoms with van der Waals surface area (Å²) in [5.41, 5.74) is 10.6. The van der Waals surface area contributed by atoms with E-state index in [1.54, 1.807) is 97.7 Å². The minimum absolute atomic E-state index is 0.00282. The van der Waals surface area contributed by atoms with Crippen molar-refractivity contribution in [2.45, 2.75) is 46.8 Å². The first-order chi connectivity index (χ1) is 53.2. The Kier molecular flexibility index (Phi) is 40.2. The summed E-state index contributed by atoms with van der Waals surface area (Å²) in [4.78, 5) is 112. The number of phenolic OH excluding ortho intramolecular Hbond substituents is 1. The third-order valence-corrected chi connectivity index (χ3v) is 17.3. The van der Waals surface area contributed by atoms with Gasteiger partial charge in [0.1, 0.15) is 66.7 Å². The highest BCUT2D eigenvalue weighted by molar-refractivity contribution is 7.82. The maximum absolute atomic E-state index is 11.9. The molecule has 8 aromatic carbocycles.